The van der Waals surface area contributed by atoms with Crippen LogP contribution in [0.25, 0.3) is 22.4 Å². The van der Waals surface area contributed by atoms with Crippen LogP contribution in [0.2, 0.25) is 0 Å². The lowest BCUT2D eigenvalue weighted by Gasteiger charge is -2.31. The lowest BCUT2D eigenvalue weighted by atomic mass is 10.1. The highest BCUT2D eigenvalue weighted by Gasteiger charge is 2.29. The Kier molecular flexibility index (Phi) is 8.26. The minimum Gasteiger partial charge on any atom is -0.490 e. The second-order valence-electron chi connectivity index (χ2n) is 9.60. The van der Waals surface area contributed by atoms with Crippen molar-refractivity contribution in [2.24, 2.45) is 0 Å². The Morgan fingerprint density at radius 2 is 1.85 bits per heavy atom. The molecule has 212 valence electrons. The molecule has 1 N–H and O–H groups in total. The van der Waals surface area contributed by atoms with Crippen LogP contribution in [-0.2, 0) is 27.7 Å². The number of hydrogen-bond acceptors (Lipinski definition) is 9. The van der Waals surface area contributed by atoms with Crippen molar-refractivity contribution < 1.29 is 17.9 Å². The molecule has 0 saturated carbocycles. The number of aryl methyl sites for hydroxylation is 1. The van der Waals surface area contributed by atoms with Crippen LogP contribution in [0.4, 0.5) is 0 Å². The van der Waals surface area contributed by atoms with E-state index in [1.165, 1.54) is 16.4 Å². The van der Waals surface area contributed by atoms with Crippen LogP contribution in [0, 0.1) is 0 Å². The SMILES string of the molecule is CCc1c2nc(-c3cc(S(=O)(=O)N4CCN(C)CC4)ccc3OCCOC)[nH]c(=O)c2nn1Cc1ccccn1. The summed E-state index contributed by atoms with van der Waals surface area (Å²) in [6.45, 7) is 5.03. The zero-order chi connectivity index (χ0) is 28.3. The molecule has 40 heavy (non-hydrogen) atoms. The van der Waals surface area contributed by atoms with Gasteiger partial charge in [-0.25, -0.2) is 13.4 Å². The molecule has 0 bridgehead atoms. The van der Waals surface area contributed by atoms with Gasteiger partial charge in [-0.05, 0) is 43.8 Å². The first-order valence-electron chi connectivity index (χ1n) is 13.2. The minimum atomic E-state index is -3.77. The third-order valence-electron chi connectivity index (χ3n) is 6.92. The van der Waals surface area contributed by atoms with Gasteiger partial charge in [0.25, 0.3) is 5.56 Å². The summed E-state index contributed by atoms with van der Waals surface area (Å²) in [7, 11) is -0.236. The van der Waals surface area contributed by atoms with Gasteiger partial charge in [-0.2, -0.15) is 9.40 Å². The van der Waals surface area contributed by atoms with Crippen molar-refractivity contribution in [3.8, 4) is 17.1 Å². The number of aromatic amines is 1. The van der Waals surface area contributed by atoms with Gasteiger partial charge in [0.05, 0.1) is 35.0 Å². The average Bonchev–Trinajstić information content (AvgIpc) is 3.31. The Hall–Kier alpha value is -3.65. The summed E-state index contributed by atoms with van der Waals surface area (Å²) in [4.78, 5) is 27.4. The van der Waals surface area contributed by atoms with Crippen molar-refractivity contribution in [3.63, 3.8) is 0 Å². The van der Waals surface area contributed by atoms with E-state index < -0.39 is 15.6 Å². The van der Waals surface area contributed by atoms with Crippen molar-refractivity contribution >= 4 is 21.1 Å². The fourth-order valence-electron chi connectivity index (χ4n) is 4.71. The monoisotopic (exact) mass is 567 g/mol. The van der Waals surface area contributed by atoms with E-state index in [4.69, 9.17) is 14.5 Å². The highest BCUT2D eigenvalue weighted by Crippen LogP contribution is 2.32. The number of fused-ring (bicyclic) bond motifs is 1. The molecular formula is C27H33N7O5S. The van der Waals surface area contributed by atoms with Gasteiger partial charge in [-0.15, -0.1) is 0 Å². The Morgan fingerprint density at radius 1 is 1.05 bits per heavy atom. The predicted molar refractivity (Wildman–Crippen MR) is 150 cm³/mol. The molecule has 1 fully saturated rings. The third kappa shape index (κ3) is 5.63. The number of benzene rings is 1. The van der Waals surface area contributed by atoms with Crippen LogP contribution >= 0.6 is 0 Å². The number of nitrogens with one attached hydrogen (secondary N) is 1. The highest BCUT2D eigenvalue weighted by atomic mass is 32.2. The molecule has 0 radical (unpaired) electrons. The summed E-state index contributed by atoms with van der Waals surface area (Å²) >= 11 is 0. The van der Waals surface area contributed by atoms with Crippen LogP contribution < -0.4 is 10.3 Å². The van der Waals surface area contributed by atoms with Gasteiger partial charge < -0.3 is 19.4 Å². The molecular weight excluding hydrogens is 534 g/mol. The molecule has 4 heterocycles. The smallest absolute Gasteiger partial charge is 0.279 e. The normalized spacial score (nSPS) is 15.1. The summed E-state index contributed by atoms with van der Waals surface area (Å²) in [6.07, 6.45) is 2.29. The van der Waals surface area contributed by atoms with Crippen molar-refractivity contribution in [3.05, 3.63) is 64.3 Å². The van der Waals surface area contributed by atoms with Gasteiger partial charge in [-0.3, -0.25) is 14.5 Å². The van der Waals surface area contributed by atoms with Crippen molar-refractivity contribution in [2.75, 3.05) is 53.6 Å². The molecule has 1 aliphatic rings. The van der Waals surface area contributed by atoms with Gasteiger partial charge >= 0.3 is 0 Å². The lowest BCUT2D eigenvalue weighted by molar-refractivity contribution is 0.146. The molecule has 0 spiro atoms. The highest BCUT2D eigenvalue weighted by molar-refractivity contribution is 7.89. The van der Waals surface area contributed by atoms with E-state index in [-0.39, 0.29) is 22.8 Å². The van der Waals surface area contributed by atoms with E-state index >= 15 is 0 Å². The lowest BCUT2D eigenvalue weighted by Crippen LogP contribution is -2.47. The van der Waals surface area contributed by atoms with Crippen LogP contribution in [0.15, 0.2) is 52.3 Å². The Balaban J connectivity index is 1.60. The van der Waals surface area contributed by atoms with E-state index in [9.17, 15) is 13.2 Å². The molecule has 1 aromatic carbocycles. The number of pyridine rings is 1. The summed E-state index contributed by atoms with van der Waals surface area (Å²) in [6, 6.07) is 10.3. The number of ether oxygens (including phenoxy) is 2. The summed E-state index contributed by atoms with van der Waals surface area (Å²) in [5.74, 6) is 0.586. The molecule has 0 aliphatic carbocycles. The van der Waals surface area contributed by atoms with Crippen LogP contribution in [0.5, 0.6) is 5.75 Å². The van der Waals surface area contributed by atoms with Crippen LogP contribution in [0.1, 0.15) is 18.3 Å². The van der Waals surface area contributed by atoms with Gasteiger partial charge in [0.2, 0.25) is 10.0 Å². The van der Waals surface area contributed by atoms with Gasteiger partial charge in [0, 0.05) is 39.5 Å². The van der Waals surface area contributed by atoms with E-state index in [1.807, 2.05) is 32.2 Å². The minimum absolute atomic E-state index is 0.107. The molecule has 0 atom stereocenters. The molecule has 1 saturated heterocycles. The standard InChI is InChI=1S/C27H33N7O5S/c1-4-22-24-25(31-34(22)18-19-7-5-6-10-28-19)27(35)30-26(29-24)21-17-20(8-9-23(21)39-16-15-38-3)40(36,37)33-13-11-32(2)12-14-33/h5-10,17H,4,11-16,18H2,1-3H3,(H,29,30,35). The van der Waals surface area contributed by atoms with Crippen molar-refractivity contribution in [2.45, 2.75) is 24.8 Å². The number of likely N-dealkylation sites (N-methyl/N-ethyl adjacent to an activating group) is 1. The maximum Gasteiger partial charge on any atom is 0.279 e. The molecule has 1 aliphatic heterocycles. The van der Waals surface area contributed by atoms with E-state index in [0.717, 1.165) is 11.4 Å². The molecule has 4 aromatic rings. The summed E-state index contributed by atoms with van der Waals surface area (Å²) < 4.78 is 41.3. The number of piperazine rings is 1. The van der Waals surface area contributed by atoms with Crippen LogP contribution in [-0.4, -0.2) is 95.9 Å². The van der Waals surface area contributed by atoms with E-state index in [0.29, 0.717) is 62.6 Å². The largest absolute Gasteiger partial charge is 0.490 e. The fraction of sp³-hybridized carbons (Fsp3) is 0.407. The Bertz CT molecular complexity index is 1650. The first-order valence-corrected chi connectivity index (χ1v) is 14.6. The molecule has 12 nitrogen and oxygen atoms in total. The number of aromatic nitrogens is 5. The van der Waals surface area contributed by atoms with Crippen molar-refractivity contribution in [1.82, 2.24) is 33.9 Å². The maximum atomic E-state index is 13.5. The van der Waals surface area contributed by atoms with Gasteiger partial charge in [0.15, 0.2) is 5.52 Å². The molecule has 3 aromatic heterocycles. The second-order valence-corrected chi connectivity index (χ2v) is 11.5. The predicted octanol–water partition coefficient (Wildman–Crippen LogP) is 1.75. The summed E-state index contributed by atoms with van der Waals surface area (Å²) in [5, 5.41) is 4.54. The Morgan fingerprint density at radius 3 is 2.55 bits per heavy atom. The third-order valence-corrected chi connectivity index (χ3v) is 8.82. The number of hydrogen-bond donors (Lipinski definition) is 1. The number of H-pyrrole nitrogens is 1. The Labute approximate surface area is 232 Å². The topological polar surface area (TPSA) is 136 Å². The van der Waals surface area contributed by atoms with Crippen molar-refractivity contribution in [1.29, 1.82) is 0 Å². The number of rotatable bonds is 10. The van der Waals surface area contributed by atoms with Gasteiger partial charge in [0.1, 0.15) is 23.7 Å². The number of methoxy groups -OCH3 is 1. The van der Waals surface area contributed by atoms with Crippen LogP contribution in [0.3, 0.4) is 0 Å². The summed E-state index contributed by atoms with van der Waals surface area (Å²) in [5.41, 5.74) is 2.18. The average molecular weight is 568 g/mol. The van der Waals surface area contributed by atoms with Gasteiger partial charge in [-0.1, -0.05) is 13.0 Å². The fourth-order valence-corrected chi connectivity index (χ4v) is 6.16. The number of nitrogens with zero attached hydrogens (tertiary/aromatic N) is 6. The zero-order valence-corrected chi connectivity index (χ0v) is 23.6. The maximum absolute atomic E-state index is 13.5. The second kappa shape index (κ2) is 11.8. The van der Waals surface area contributed by atoms with E-state index in [1.54, 1.807) is 24.1 Å². The molecule has 0 amide bonds. The first kappa shape index (κ1) is 27.9. The molecule has 13 heteroatoms. The molecule has 5 rings (SSSR count). The number of sulfonamides is 1. The quantitative estimate of drug-likeness (QED) is 0.284. The zero-order valence-electron chi connectivity index (χ0n) is 22.8. The van der Waals surface area contributed by atoms with E-state index in [2.05, 4.69) is 20.0 Å². The first-order chi connectivity index (χ1) is 19.3. The molecule has 0 unspecified atom stereocenters.